The predicted octanol–water partition coefficient (Wildman–Crippen LogP) is -2.55. The van der Waals surface area contributed by atoms with E-state index < -0.39 is 129 Å². The zero-order valence-corrected chi connectivity index (χ0v) is 32.0. The normalized spacial score (nSPS) is 42.7. The number of para-hydroxylation sites is 1. The molecule has 2 aromatic carbocycles. The lowest BCUT2D eigenvalue weighted by Crippen LogP contribution is -2.68. The SMILES string of the molecule is CCC1=CC(NC2C(C)OC(OC3C(CO)OC(OC4C(CO)OC(Sc5ccc(Oc6ccccc6)cc5)C(O)C4O)C(O)C3O)C(O)C2O)C(O)C(O)C1O. The zero-order valence-electron chi connectivity index (χ0n) is 31.1. The van der Waals surface area contributed by atoms with Crippen molar-refractivity contribution in [2.45, 2.75) is 141 Å². The van der Waals surface area contributed by atoms with Gasteiger partial charge in [-0.2, -0.15) is 0 Å². The van der Waals surface area contributed by atoms with Crippen molar-refractivity contribution < 1.29 is 84.6 Å². The van der Waals surface area contributed by atoms with Gasteiger partial charge in [0, 0.05) is 4.90 Å². The summed E-state index contributed by atoms with van der Waals surface area (Å²) in [7, 11) is 0. The van der Waals surface area contributed by atoms with E-state index in [0.717, 1.165) is 11.8 Å². The molecule has 6 rings (SSSR count). The molecule has 0 saturated carbocycles. The summed E-state index contributed by atoms with van der Waals surface area (Å²) in [5.74, 6) is 1.22. The summed E-state index contributed by atoms with van der Waals surface area (Å²) in [6, 6.07) is 14.2. The van der Waals surface area contributed by atoms with Gasteiger partial charge >= 0.3 is 0 Å². The smallest absolute Gasteiger partial charge is 0.187 e. The third-order valence-corrected chi connectivity index (χ3v) is 11.9. The Morgan fingerprint density at radius 2 is 1.19 bits per heavy atom. The third kappa shape index (κ3) is 9.67. The Hall–Kier alpha value is -2.35. The lowest BCUT2D eigenvalue weighted by Gasteiger charge is -2.49. The summed E-state index contributed by atoms with van der Waals surface area (Å²) in [4.78, 5) is 0.654. The molecule has 19 unspecified atom stereocenters. The minimum atomic E-state index is -1.91. The van der Waals surface area contributed by atoms with E-state index in [-0.39, 0.29) is 0 Å². The maximum Gasteiger partial charge on any atom is 0.187 e. The second-order valence-corrected chi connectivity index (χ2v) is 15.7. The van der Waals surface area contributed by atoms with Gasteiger partial charge in [-0.05, 0) is 55.3 Å². The Morgan fingerprint density at radius 1 is 0.632 bits per heavy atom. The van der Waals surface area contributed by atoms with Gasteiger partial charge in [0.25, 0.3) is 0 Å². The third-order valence-electron chi connectivity index (χ3n) is 10.7. The highest BCUT2D eigenvalue weighted by Gasteiger charge is 2.54. The topological polar surface area (TPSA) is 290 Å². The van der Waals surface area contributed by atoms with E-state index in [4.69, 9.17) is 28.4 Å². The van der Waals surface area contributed by atoms with Gasteiger partial charge in [-0.3, -0.25) is 0 Å². The molecule has 3 aliphatic heterocycles. The number of thioether (sulfide) groups is 1. The van der Waals surface area contributed by atoms with Crippen LogP contribution in [0.5, 0.6) is 11.5 Å². The van der Waals surface area contributed by atoms with Crippen molar-refractivity contribution in [2.75, 3.05) is 13.2 Å². The number of ether oxygens (including phenoxy) is 6. The minimum Gasteiger partial charge on any atom is -0.457 e. The Labute approximate surface area is 332 Å². The summed E-state index contributed by atoms with van der Waals surface area (Å²) in [6.07, 6.45) is -22.6. The number of hydrogen-bond acceptors (Lipinski definition) is 19. The van der Waals surface area contributed by atoms with Gasteiger partial charge in [-0.15, -0.1) is 0 Å². The molecular weight excluding hydrogens is 774 g/mol. The zero-order chi connectivity index (χ0) is 41.1. The fraction of sp³-hybridized carbons (Fsp3) is 0.632. The van der Waals surface area contributed by atoms with Crippen molar-refractivity contribution in [3.05, 3.63) is 66.2 Å². The first-order valence-electron chi connectivity index (χ1n) is 18.8. The summed E-state index contributed by atoms with van der Waals surface area (Å²) in [5.41, 5.74) is -0.590. The van der Waals surface area contributed by atoms with Crippen LogP contribution in [0.15, 0.2) is 71.1 Å². The van der Waals surface area contributed by atoms with Crippen LogP contribution in [0.25, 0.3) is 0 Å². The van der Waals surface area contributed by atoms with Crippen molar-refractivity contribution in [1.29, 1.82) is 0 Å². The molecular formula is C38H53NO17S. The van der Waals surface area contributed by atoms with E-state index in [2.05, 4.69) is 5.32 Å². The maximum atomic E-state index is 11.2. The number of nitrogens with one attached hydrogen (secondary N) is 1. The first kappa shape index (κ1) is 44.2. The fourth-order valence-electron chi connectivity index (χ4n) is 7.42. The molecule has 3 heterocycles. The maximum absolute atomic E-state index is 11.2. The van der Waals surface area contributed by atoms with E-state index in [0.29, 0.717) is 28.4 Å². The Kier molecular flexibility index (Phi) is 15.0. The molecule has 2 aromatic rings. The number of benzene rings is 2. The Balaban J connectivity index is 1.06. The lowest BCUT2D eigenvalue weighted by molar-refractivity contribution is -0.366. The van der Waals surface area contributed by atoms with Gasteiger partial charge in [-0.1, -0.05) is 43.0 Å². The van der Waals surface area contributed by atoms with Gasteiger partial charge in [0.1, 0.15) is 96.3 Å². The molecule has 0 bridgehead atoms. The van der Waals surface area contributed by atoms with E-state index in [1.54, 1.807) is 37.3 Å². The van der Waals surface area contributed by atoms with Crippen LogP contribution in [0.3, 0.4) is 0 Å². The first-order chi connectivity index (χ1) is 27.3. The molecule has 0 aromatic heterocycles. The van der Waals surface area contributed by atoms with Crippen LogP contribution in [0.4, 0.5) is 0 Å². The Morgan fingerprint density at radius 3 is 1.81 bits per heavy atom. The van der Waals surface area contributed by atoms with E-state index >= 15 is 0 Å². The molecule has 1 aliphatic carbocycles. The van der Waals surface area contributed by atoms with Crippen LogP contribution in [-0.4, -0.2) is 185 Å². The lowest BCUT2D eigenvalue weighted by atomic mass is 9.85. The number of rotatable bonds is 13. The van der Waals surface area contributed by atoms with Crippen molar-refractivity contribution in [2.24, 2.45) is 0 Å². The molecule has 19 heteroatoms. The summed E-state index contributed by atoms with van der Waals surface area (Å²) in [5, 5.41) is 121. The van der Waals surface area contributed by atoms with Crippen molar-refractivity contribution in [3.8, 4) is 11.5 Å². The first-order valence-corrected chi connectivity index (χ1v) is 19.7. The van der Waals surface area contributed by atoms with Crippen molar-refractivity contribution in [3.63, 3.8) is 0 Å². The van der Waals surface area contributed by atoms with Gasteiger partial charge in [0.2, 0.25) is 0 Å². The summed E-state index contributed by atoms with van der Waals surface area (Å²) < 4.78 is 34.9. The summed E-state index contributed by atoms with van der Waals surface area (Å²) in [6.45, 7) is 1.82. The molecule has 57 heavy (non-hydrogen) atoms. The molecule has 4 aliphatic rings. The van der Waals surface area contributed by atoms with Crippen LogP contribution in [0.2, 0.25) is 0 Å². The standard InChI is InChI=1S/C38H53NO17S/c1-3-17-13-21(26(43)28(45)25(17)42)39-24-16(2)51-36(31(48)27(24)44)55-34-22(14-40)53-37(32(49)29(34)46)56-35-23(15-41)54-38(33(50)30(35)47)57-20-11-9-19(10-12-20)52-18-7-5-4-6-8-18/h4-13,16,21-50H,3,14-15H2,1-2H3. The van der Waals surface area contributed by atoms with Gasteiger partial charge < -0.3 is 89.9 Å². The highest BCUT2D eigenvalue weighted by Crippen LogP contribution is 2.37. The number of aliphatic hydroxyl groups excluding tert-OH is 11. The molecule has 3 saturated heterocycles. The van der Waals surface area contributed by atoms with Gasteiger partial charge in [0.15, 0.2) is 12.6 Å². The molecule has 318 valence electrons. The van der Waals surface area contributed by atoms with E-state index in [1.165, 1.54) is 6.92 Å². The van der Waals surface area contributed by atoms with Crippen LogP contribution in [-0.2, 0) is 23.7 Å². The molecule has 18 nitrogen and oxygen atoms in total. The number of aliphatic hydroxyl groups is 11. The second kappa shape index (κ2) is 19.4. The van der Waals surface area contributed by atoms with E-state index in [1.807, 2.05) is 30.3 Å². The molecule has 0 amide bonds. The van der Waals surface area contributed by atoms with Crippen molar-refractivity contribution >= 4 is 11.8 Å². The monoisotopic (exact) mass is 827 g/mol. The molecule has 0 radical (unpaired) electrons. The largest absolute Gasteiger partial charge is 0.457 e. The predicted molar refractivity (Wildman–Crippen MR) is 198 cm³/mol. The molecule has 19 atom stereocenters. The second-order valence-electron chi connectivity index (χ2n) is 14.5. The van der Waals surface area contributed by atoms with Gasteiger partial charge in [0.05, 0.1) is 31.4 Å². The summed E-state index contributed by atoms with van der Waals surface area (Å²) >= 11 is 1.08. The van der Waals surface area contributed by atoms with Crippen LogP contribution in [0, 0.1) is 0 Å². The quantitative estimate of drug-likeness (QED) is 0.0926. The average molecular weight is 828 g/mol. The molecule has 0 spiro atoms. The highest BCUT2D eigenvalue weighted by atomic mass is 32.2. The van der Waals surface area contributed by atoms with Crippen molar-refractivity contribution in [1.82, 2.24) is 5.32 Å². The van der Waals surface area contributed by atoms with E-state index in [9.17, 15) is 56.2 Å². The number of hydrogen-bond donors (Lipinski definition) is 12. The molecule has 3 fully saturated rings. The van der Waals surface area contributed by atoms with Gasteiger partial charge in [-0.25, -0.2) is 0 Å². The highest BCUT2D eigenvalue weighted by molar-refractivity contribution is 7.99. The molecule has 12 N–H and O–H groups in total. The average Bonchev–Trinajstić information content (AvgIpc) is 3.21. The Bertz CT molecular complexity index is 1590. The fourth-order valence-corrected chi connectivity index (χ4v) is 8.48. The van der Waals surface area contributed by atoms with Crippen LogP contribution < -0.4 is 10.1 Å². The van der Waals surface area contributed by atoms with Crippen LogP contribution in [0.1, 0.15) is 20.3 Å². The minimum absolute atomic E-state index is 0.387. The van der Waals surface area contributed by atoms with Crippen LogP contribution >= 0.6 is 11.8 Å².